The molecule has 0 fully saturated rings. The van der Waals surface area contributed by atoms with Gasteiger partial charge in [-0.15, -0.1) is 0 Å². The molecule has 0 saturated heterocycles. The predicted octanol–water partition coefficient (Wildman–Crippen LogP) is 2.23. The molecule has 1 aromatic heterocycles. The molecule has 0 saturated carbocycles. The number of benzene rings is 1. The summed E-state index contributed by atoms with van der Waals surface area (Å²) in [6, 6.07) is 5.48. The van der Waals surface area contributed by atoms with Crippen LogP contribution < -0.4 is 5.56 Å². The SMILES string of the molecule is COCCOCCn1c(=O)cc(Cl)c2cc([N+](=O)[O-])ccc21. The van der Waals surface area contributed by atoms with Gasteiger partial charge in [0.2, 0.25) is 0 Å². The number of methoxy groups -OCH3 is 1. The van der Waals surface area contributed by atoms with Crippen molar-refractivity contribution in [2.24, 2.45) is 0 Å². The molecule has 8 heteroatoms. The van der Waals surface area contributed by atoms with Crippen molar-refractivity contribution >= 4 is 28.2 Å². The van der Waals surface area contributed by atoms with Crippen LogP contribution in [0.1, 0.15) is 0 Å². The highest BCUT2D eigenvalue weighted by molar-refractivity contribution is 6.35. The van der Waals surface area contributed by atoms with Gasteiger partial charge in [-0.25, -0.2) is 0 Å². The lowest BCUT2D eigenvalue weighted by molar-refractivity contribution is -0.384. The number of nitro groups is 1. The Hall–Kier alpha value is -1.96. The van der Waals surface area contributed by atoms with E-state index in [-0.39, 0.29) is 16.3 Å². The fraction of sp³-hybridized carbons (Fsp3) is 0.357. The van der Waals surface area contributed by atoms with Crippen molar-refractivity contribution < 1.29 is 14.4 Å². The van der Waals surface area contributed by atoms with Gasteiger partial charge in [-0.1, -0.05) is 11.6 Å². The summed E-state index contributed by atoms with van der Waals surface area (Å²) in [5.74, 6) is 0. The minimum Gasteiger partial charge on any atom is -0.382 e. The van der Waals surface area contributed by atoms with E-state index in [1.807, 2.05) is 0 Å². The van der Waals surface area contributed by atoms with Gasteiger partial charge in [-0.2, -0.15) is 0 Å². The standard InChI is InChI=1S/C14H15ClN2O5/c1-21-6-7-22-5-4-16-13-3-2-10(17(19)20)8-11(13)12(15)9-14(16)18/h2-3,8-9H,4-7H2,1H3. The largest absolute Gasteiger partial charge is 0.382 e. The molecule has 0 spiro atoms. The molecule has 0 aliphatic rings. The summed E-state index contributed by atoms with van der Waals surface area (Å²) in [6.07, 6.45) is 0. The predicted molar refractivity (Wildman–Crippen MR) is 82.6 cm³/mol. The molecule has 0 aliphatic carbocycles. The number of nitro benzene ring substituents is 1. The first-order valence-corrected chi connectivity index (χ1v) is 6.96. The van der Waals surface area contributed by atoms with Crippen LogP contribution in [-0.2, 0) is 16.0 Å². The summed E-state index contributed by atoms with van der Waals surface area (Å²) < 4.78 is 11.7. The van der Waals surface area contributed by atoms with Crippen molar-refractivity contribution in [1.29, 1.82) is 0 Å². The number of fused-ring (bicyclic) bond motifs is 1. The van der Waals surface area contributed by atoms with Gasteiger partial charge in [-0.3, -0.25) is 14.9 Å². The minimum absolute atomic E-state index is 0.0732. The molecule has 1 aromatic carbocycles. The highest BCUT2D eigenvalue weighted by atomic mass is 35.5. The van der Waals surface area contributed by atoms with Crippen LogP contribution in [0.3, 0.4) is 0 Å². The Labute approximate surface area is 131 Å². The maximum atomic E-state index is 12.1. The summed E-state index contributed by atoms with van der Waals surface area (Å²) in [4.78, 5) is 22.4. The van der Waals surface area contributed by atoms with Crippen molar-refractivity contribution in [3.63, 3.8) is 0 Å². The summed E-state index contributed by atoms with van der Waals surface area (Å²) in [6.45, 7) is 1.57. The summed E-state index contributed by atoms with van der Waals surface area (Å²) in [5.41, 5.74) is 0.191. The second-order valence-electron chi connectivity index (χ2n) is 4.55. The molecule has 118 valence electrons. The number of halogens is 1. The number of rotatable bonds is 7. The maximum absolute atomic E-state index is 12.1. The van der Waals surface area contributed by atoms with Crippen LogP contribution in [-0.4, -0.2) is 36.4 Å². The molecule has 0 amide bonds. The van der Waals surface area contributed by atoms with Crippen LogP contribution in [0.5, 0.6) is 0 Å². The van der Waals surface area contributed by atoms with Gasteiger partial charge < -0.3 is 14.0 Å². The fourth-order valence-corrected chi connectivity index (χ4v) is 2.32. The highest BCUT2D eigenvalue weighted by Gasteiger charge is 2.12. The molecule has 0 N–H and O–H groups in total. The molecule has 0 aliphatic heterocycles. The van der Waals surface area contributed by atoms with E-state index in [0.29, 0.717) is 37.3 Å². The average molecular weight is 327 g/mol. The molecule has 0 bridgehead atoms. The zero-order valence-electron chi connectivity index (χ0n) is 12.0. The van der Waals surface area contributed by atoms with Gasteiger partial charge in [0, 0.05) is 37.2 Å². The molecule has 2 rings (SSSR count). The van der Waals surface area contributed by atoms with Gasteiger partial charge in [0.25, 0.3) is 11.2 Å². The van der Waals surface area contributed by atoms with Crippen LogP contribution in [0.2, 0.25) is 5.02 Å². The van der Waals surface area contributed by atoms with Crippen LogP contribution in [0.25, 0.3) is 10.9 Å². The van der Waals surface area contributed by atoms with Crippen molar-refractivity contribution in [2.75, 3.05) is 26.9 Å². The van der Waals surface area contributed by atoms with E-state index in [9.17, 15) is 14.9 Å². The van der Waals surface area contributed by atoms with Gasteiger partial charge in [0.05, 0.1) is 35.3 Å². The van der Waals surface area contributed by atoms with E-state index in [2.05, 4.69) is 0 Å². The number of non-ortho nitro benzene ring substituents is 1. The molecule has 2 aromatic rings. The summed E-state index contributed by atoms with van der Waals surface area (Å²) >= 11 is 6.03. The van der Waals surface area contributed by atoms with E-state index in [0.717, 1.165) is 0 Å². The first-order chi connectivity index (χ1) is 10.5. The Morgan fingerprint density at radius 1 is 1.27 bits per heavy atom. The Kier molecular flexibility index (Phi) is 5.48. The molecule has 22 heavy (non-hydrogen) atoms. The first kappa shape index (κ1) is 16.4. The van der Waals surface area contributed by atoms with E-state index in [4.69, 9.17) is 21.1 Å². The van der Waals surface area contributed by atoms with E-state index < -0.39 is 4.92 Å². The first-order valence-electron chi connectivity index (χ1n) is 6.58. The quantitative estimate of drug-likeness (QED) is 0.442. The van der Waals surface area contributed by atoms with Crippen LogP contribution in [0, 0.1) is 10.1 Å². The molecule has 0 atom stereocenters. The van der Waals surface area contributed by atoms with Crippen molar-refractivity contribution in [3.8, 4) is 0 Å². The molecule has 1 heterocycles. The van der Waals surface area contributed by atoms with Gasteiger partial charge in [0.1, 0.15) is 0 Å². The van der Waals surface area contributed by atoms with E-state index >= 15 is 0 Å². The fourth-order valence-electron chi connectivity index (χ4n) is 2.08. The van der Waals surface area contributed by atoms with Crippen LogP contribution in [0.15, 0.2) is 29.1 Å². The van der Waals surface area contributed by atoms with Crippen molar-refractivity contribution in [2.45, 2.75) is 6.54 Å². The molecular formula is C14H15ClN2O5. The lowest BCUT2D eigenvalue weighted by atomic mass is 10.2. The number of hydrogen-bond acceptors (Lipinski definition) is 5. The second-order valence-corrected chi connectivity index (χ2v) is 4.95. The smallest absolute Gasteiger partial charge is 0.270 e. The van der Waals surface area contributed by atoms with Gasteiger partial charge in [-0.05, 0) is 6.07 Å². The topological polar surface area (TPSA) is 83.6 Å². The lowest BCUT2D eigenvalue weighted by Crippen LogP contribution is -2.22. The normalized spacial score (nSPS) is 11.0. The van der Waals surface area contributed by atoms with Crippen LogP contribution >= 0.6 is 11.6 Å². The van der Waals surface area contributed by atoms with Gasteiger partial charge >= 0.3 is 0 Å². The molecule has 7 nitrogen and oxygen atoms in total. The van der Waals surface area contributed by atoms with Crippen molar-refractivity contribution in [3.05, 3.63) is 49.8 Å². The second kappa shape index (κ2) is 7.35. The highest BCUT2D eigenvalue weighted by Crippen LogP contribution is 2.25. The number of nitrogens with zero attached hydrogens (tertiary/aromatic N) is 2. The third kappa shape index (κ3) is 3.62. The number of ether oxygens (including phenoxy) is 2. The zero-order valence-corrected chi connectivity index (χ0v) is 12.7. The Balaban J connectivity index is 2.33. The Morgan fingerprint density at radius 2 is 2.05 bits per heavy atom. The number of hydrogen-bond donors (Lipinski definition) is 0. The van der Waals surface area contributed by atoms with E-state index in [1.165, 1.54) is 28.8 Å². The summed E-state index contributed by atoms with van der Waals surface area (Å²) in [7, 11) is 1.58. The molecular weight excluding hydrogens is 312 g/mol. The monoisotopic (exact) mass is 326 g/mol. The maximum Gasteiger partial charge on any atom is 0.270 e. The number of pyridine rings is 1. The average Bonchev–Trinajstić information content (AvgIpc) is 2.49. The third-order valence-electron chi connectivity index (χ3n) is 3.15. The minimum atomic E-state index is -0.501. The Morgan fingerprint density at radius 3 is 2.73 bits per heavy atom. The number of aromatic nitrogens is 1. The third-order valence-corrected chi connectivity index (χ3v) is 3.46. The lowest BCUT2D eigenvalue weighted by Gasteiger charge is -2.11. The molecule has 0 radical (unpaired) electrons. The Bertz CT molecular complexity index is 744. The zero-order chi connectivity index (χ0) is 16.1. The van der Waals surface area contributed by atoms with Crippen molar-refractivity contribution in [1.82, 2.24) is 4.57 Å². The van der Waals surface area contributed by atoms with Crippen LogP contribution in [0.4, 0.5) is 5.69 Å². The molecule has 0 unspecified atom stereocenters. The van der Waals surface area contributed by atoms with E-state index in [1.54, 1.807) is 7.11 Å². The summed E-state index contributed by atoms with van der Waals surface area (Å²) in [5, 5.41) is 11.5. The van der Waals surface area contributed by atoms with Gasteiger partial charge in [0.15, 0.2) is 0 Å².